The van der Waals surface area contributed by atoms with E-state index in [9.17, 15) is 5.11 Å². The highest BCUT2D eigenvalue weighted by Crippen LogP contribution is 2.31. The van der Waals surface area contributed by atoms with E-state index in [1.807, 2.05) is 0 Å². The zero-order valence-electron chi connectivity index (χ0n) is 12.9. The first kappa shape index (κ1) is 15.9. The summed E-state index contributed by atoms with van der Waals surface area (Å²) in [7, 11) is 0. The third-order valence-electron chi connectivity index (χ3n) is 3.80. The molecule has 1 fully saturated rings. The summed E-state index contributed by atoms with van der Waals surface area (Å²) in [4.78, 5) is 2.63. The predicted octanol–water partition coefficient (Wildman–Crippen LogP) is 2.39. The molecule has 0 amide bonds. The van der Waals surface area contributed by atoms with Gasteiger partial charge in [0.15, 0.2) is 0 Å². The number of aliphatic hydroxyl groups is 1. The average molecular weight is 256 g/mol. The number of aliphatic hydroxyl groups excluding tert-OH is 1. The molecule has 0 aromatic carbocycles. The van der Waals surface area contributed by atoms with Crippen molar-refractivity contribution in [3.8, 4) is 0 Å². The van der Waals surface area contributed by atoms with Crippen LogP contribution in [-0.4, -0.2) is 46.8 Å². The topological polar surface area (TPSA) is 35.5 Å². The molecule has 3 heteroatoms. The molecule has 0 aromatic rings. The molecule has 0 bridgehead atoms. The van der Waals surface area contributed by atoms with Crippen molar-refractivity contribution < 1.29 is 5.11 Å². The Morgan fingerprint density at radius 3 is 2.33 bits per heavy atom. The summed E-state index contributed by atoms with van der Waals surface area (Å²) in [6, 6.07) is 1.76. The van der Waals surface area contributed by atoms with Crippen molar-refractivity contribution in [3.05, 3.63) is 0 Å². The Hall–Kier alpha value is -0.120. The van der Waals surface area contributed by atoms with E-state index in [0.717, 1.165) is 12.5 Å². The zero-order valence-corrected chi connectivity index (χ0v) is 12.9. The molecule has 0 spiro atoms. The average Bonchev–Trinajstić information content (AvgIpc) is 3.08. The molecular formula is C15H32N2O. The second-order valence-corrected chi connectivity index (χ2v) is 6.54. The van der Waals surface area contributed by atoms with Gasteiger partial charge in [0.2, 0.25) is 0 Å². The van der Waals surface area contributed by atoms with Gasteiger partial charge in [0.25, 0.3) is 0 Å². The van der Waals surface area contributed by atoms with E-state index < -0.39 is 0 Å². The van der Waals surface area contributed by atoms with Crippen LogP contribution in [0.3, 0.4) is 0 Å². The first-order valence-corrected chi connectivity index (χ1v) is 7.56. The van der Waals surface area contributed by atoms with Crippen LogP contribution in [0.4, 0.5) is 0 Å². The van der Waals surface area contributed by atoms with Crippen molar-refractivity contribution in [2.75, 3.05) is 13.2 Å². The van der Waals surface area contributed by atoms with Crippen molar-refractivity contribution >= 4 is 0 Å². The summed E-state index contributed by atoms with van der Waals surface area (Å²) in [6.07, 6.45) is 4.95. The number of nitrogens with one attached hydrogen (secondary N) is 1. The second kappa shape index (κ2) is 6.88. The molecule has 0 saturated heterocycles. The molecule has 1 aliphatic carbocycles. The van der Waals surface area contributed by atoms with Crippen molar-refractivity contribution in [1.29, 1.82) is 0 Å². The summed E-state index contributed by atoms with van der Waals surface area (Å²) in [5, 5.41) is 13.2. The monoisotopic (exact) mass is 256 g/mol. The third-order valence-corrected chi connectivity index (χ3v) is 3.80. The van der Waals surface area contributed by atoms with Crippen LogP contribution in [-0.2, 0) is 0 Å². The maximum absolute atomic E-state index is 9.67. The van der Waals surface area contributed by atoms with E-state index in [1.54, 1.807) is 0 Å². The number of nitrogens with zero attached hydrogens (tertiary/aromatic N) is 1. The normalized spacial score (nSPS) is 21.3. The van der Waals surface area contributed by atoms with Gasteiger partial charge in [0, 0.05) is 23.7 Å². The molecule has 2 N–H and O–H groups in total. The molecule has 1 aliphatic rings. The third kappa shape index (κ3) is 4.87. The van der Waals surface area contributed by atoms with Crippen LogP contribution < -0.4 is 5.32 Å². The van der Waals surface area contributed by atoms with Crippen molar-refractivity contribution in [3.63, 3.8) is 0 Å². The Morgan fingerprint density at radius 1 is 1.33 bits per heavy atom. The van der Waals surface area contributed by atoms with Gasteiger partial charge < -0.3 is 10.4 Å². The van der Waals surface area contributed by atoms with Gasteiger partial charge in [-0.1, -0.05) is 20.8 Å². The van der Waals surface area contributed by atoms with Gasteiger partial charge >= 0.3 is 0 Å². The summed E-state index contributed by atoms with van der Waals surface area (Å²) in [5.74, 6) is 0. The molecule has 0 radical (unpaired) electrons. The van der Waals surface area contributed by atoms with Crippen LogP contribution >= 0.6 is 0 Å². The fourth-order valence-electron chi connectivity index (χ4n) is 3.06. The molecule has 0 aromatic heterocycles. The van der Waals surface area contributed by atoms with Crippen molar-refractivity contribution in [1.82, 2.24) is 10.2 Å². The lowest BCUT2D eigenvalue weighted by Crippen LogP contribution is -2.53. The largest absolute Gasteiger partial charge is 0.394 e. The highest BCUT2D eigenvalue weighted by Gasteiger charge is 2.35. The van der Waals surface area contributed by atoms with Crippen LogP contribution in [0.2, 0.25) is 0 Å². The molecule has 1 saturated carbocycles. The Morgan fingerprint density at radius 2 is 1.94 bits per heavy atom. The highest BCUT2D eigenvalue weighted by molar-refractivity contribution is 4.93. The summed E-state index contributed by atoms with van der Waals surface area (Å²) < 4.78 is 0. The summed E-state index contributed by atoms with van der Waals surface area (Å²) >= 11 is 0. The Kier molecular flexibility index (Phi) is 6.09. The van der Waals surface area contributed by atoms with Crippen molar-refractivity contribution in [2.45, 2.75) is 84.0 Å². The smallest absolute Gasteiger partial charge is 0.0611 e. The lowest BCUT2D eigenvalue weighted by Gasteiger charge is -2.38. The minimum absolute atomic E-state index is 0.158. The van der Waals surface area contributed by atoms with Crippen molar-refractivity contribution in [2.24, 2.45) is 0 Å². The van der Waals surface area contributed by atoms with Gasteiger partial charge in [-0.2, -0.15) is 0 Å². The number of hydrogen-bond acceptors (Lipinski definition) is 3. The van der Waals surface area contributed by atoms with Crippen LogP contribution in [0.5, 0.6) is 0 Å². The second-order valence-electron chi connectivity index (χ2n) is 6.54. The Bertz CT molecular complexity index is 241. The standard InChI is InChI=1S/C15H32N2O/c1-6-9-17(14-7-8-14)13(4)10-15(5,11-18)16-12(2)3/h12-14,16,18H,6-11H2,1-5H3. The minimum atomic E-state index is -0.158. The molecule has 0 heterocycles. The number of rotatable bonds is 9. The van der Waals surface area contributed by atoms with Crippen LogP contribution in [0.1, 0.15) is 60.3 Å². The Labute approximate surface area is 113 Å². The SMILES string of the molecule is CCCN(C(C)CC(C)(CO)NC(C)C)C1CC1. The van der Waals surface area contributed by atoms with E-state index >= 15 is 0 Å². The van der Waals surface area contributed by atoms with Crippen LogP contribution in [0.25, 0.3) is 0 Å². The predicted molar refractivity (Wildman–Crippen MR) is 77.9 cm³/mol. The maximum atomic E-state index is 9.67. The van der Waals surface area contributed by atoms with E-state index in [4.69, 9.17) is 0 Å². The molecule has 3 nitrogen and oxygen atoms in total. The first-order chi connectivity index (χ1) is 8.41. The highest BCUT2D eigenvalue weighted by atomic mass is 16.3. The first-order valence-electron chi connectivity index (χ1n) is 7.56. The van der Waals surface area contributed by atoms with Crippen LogP contribution in [0.15, 0.2) is 0 Å². The molecule has 2 unspecified atom stereocenters. The summed E-state index contributed by atoms with van der Waals surface area (Å²) in [6.45, 7) is 12.4. The molecular weight excluding hydrogens is 224 g/mol. The zero-order chi connectivity index (χ0) is 13.8. The lowest BCUT2D eigenvalue weighted by molar-refractivity contribution is 0.105. The van der Waals surface area contributed by atoms with Gasteiger partial charge in [0.05, 0.1) is 6.61 Å². The maximum Gasteiger partial charge on any atom is 0.0611 e. The van der Waals surface area contributed by atoms with Gasteiger partial charge in [-0.05, 0) is 46.1 Å². The fraction of sp³-hybridized carbons (Fsp3) is 1.00. The van der Waals surface area contributed by atoms with E-state index in [2.05, 4.69) is 44.8 Å². The van der Waals surface area contributed by atoms with Gasteiger partial charge in [-0.15, -0.1) is 0 Å². The molecule has 108 valence electrons. The van der Waals surface area contributed by atoms with Gasteiger partial charge in [-0.25, -0.2) is 0 Å². The summed E-state index contributed by atoms with van der Waals surface area (Å²) in [5.41, 5.74) is -0.158. The van der Waals surface area contributed by atoms with Crippen LogP contribution in [0, 0.1) is 0 Å². The molecule has 1 rings (SSSR count). The van der Waals surface area contributed by atoms with E-state index in [1.165, 1.54) is 25.8 Å². The molecule has 0 aliphatic heterocycles. The van der Waals surface area contributed by atoms with E-state index in [-0.39, 0.29) is 12.1 Å². The molecule has 2 atom stereocenters. The van der Waals surface area contributed by atoms with Gasteiger partial charge in [0.1, 0.15) is 0 Å². The van der Waals surface area contributed by atoms with E-state index in [0.29, 0.717) is 12.1 Å². The Balaban J connectivity index is 2.55. The lowest BCUT2D eigenvalue weighted by atomic mass is 9.92. The van der Waals surface area contributed by atoms with Gasteiger partial charge in [-0.3, -0.25) is 4.90 Å². The molecule has 18 heavy (non-hydrogen) atoms. The minimum Gasteiger partial charge on any atom is -0.394 e. The number of hydrogen-bond donors (Lipinski definition) is 2. The quantitative estimate of drug-likeness (QED) is 0.665. The fourth-order valence-corrected chi connectivity index (χ4v) is 3.06.